The molecule has 17 heavy (non-hydrogen) atoms. The van der Waals surface area contributed by atoms with Gasteiger partial charge in [-0.3, -0.25) is 4.79 Å². The van der Waals surface area contributed by atoms with Crippen molar-refractivity contribution < 1.29 is 14.3 Å². The van der Waals surface area contributed by atoms with Gasteiger partial charge in [0, 0.05) is 11.4 Å². The second kappa shape index (κ2) is 4.75. The molecule has 0 saturated heterocycles. The molecule has 2 rings (SSSR count). The van der Waals surface area contributed by atoms with Crippen LogP contribution in [-0.2, 0) is 11.2 Å². The van der Waals surface area contributed by atoms with Crippen molar-refractivity contribution in [2.75, 3.05) is 0 Å². The molecule has 92 valence electrons. The first kappa shape index (κ1) is 12.5. The fraction of sp³-hybridized carbons (Fsp3) is 0.462. The largest absolute Gasteiger partial charge is 0.382 e. The number of hydrogen-bond donors (Lipinski definition) is 1. The average molecular weight is 257 g/mol. The average Bonchev–Trinajstić information content (AvgIpc) is 2.72. The molecule has 0 aromatic heterocycles. The summed E-state index contributed by atoms with van der Waals surface area (Å²) in [5, 5.41) is 10.5. The van der Waals surface area contributed by atoms with Gasteiger partial charge in [0.2, 0.25) is 0 Å². The molecule has 0 aliphatic heterocycles. The predicted octanol–water partition coefficient (Wildman–Crippen LogP) is 2.90. The van der Waals surface area contributed by atoms with E-state index >= 15 is 0 Å². The van der Waals surface area contributed by atoms with Gasteiger partial charge in [-0.1, -0.05) is 11.6 Å². The summed E-state index contributed by atoms with van der Waals surface area (Å²) in [4.78, 5) is 12.0. The molecule has 0 amide bonds. The Morgan fingerprint density at radius 1 is 1.41 bits per heavy atom. The van der Waals surface area contributed by atoms with Crippen molar-refractivity contribution >= 4 is 17.4 Å². The van der Waals surface area contributed by atoms with Crippen LogP contribution in [-0.4, -0.2) is 16.5 Å². The Kier molecular flexibility index (Phi) is 3.50. The number of rotatable bonds is 3. The Morgan fingerprint density at radius 2 is 2.06 bits per heavy atom. The van der Waals surface area contributed by atoms with Crippen LogP contribution in [0, 0.1) is 5.82 Å². The van der Waals surface area contributed by atoms with E-state index in [-0.39, 0.29) is 12.2 Å². The summed E-state index contributed by atoms with van der Waals surface area (Å²) in [6.07, 6.45) is 2.71. The summed E-state index contributed by atoms with van der Waals surface area (Å²) in [5.41, 5.74) is -0.785. The van der Waals surface area contributed by atoms with Gasteiger partial charge in [0.25, 0.3) is 0 Å². The summed E-state index contributed by atoms with van der Waals surface area (Å²) in [6.45, 7) is 0. The lowest BCUT2D eigenvalue weighted by molar-refractivity contribution is -0.136. The number of benzene rings is 1. The topological polar surface area (TPSA) is 37.3 Å². The second-order valence-electron chi connectivity index (χ2n) is 4.57. The lowest BCUT2D eigenvalue weighted by Crippen LogP contribution is -2.36. The highest BCUT2D eigenvalue weighted by molar-refractivity contribution is 6.31. The summed E-state index contributed by atoms with van der Waals surface area (Å²) < 4.78 is 13.0. The predicted molar refractivity (Wildman–Crippen MR) is 63.5 cm³/mol. The van der Waals surface area contributed by atoms with E-state index in [0.29, 0.717) is 23.4 Å². The van der Waals surface area contributed by atoms with E-state index in [1.54, 1.807) is 0 Å². The van der Waals surface area contributed by atoms with Gasteiger partial charge in [0.1, 0.15) is 11.4 Å². The van der Waals surface area contributed by atoms with E-state index in [9.17, 15) is 14.3 Å². The third kappa shape index (κ3) is 2.67. The third-order valence-electron chi connectivity index (χ3n) is 3.31. The molecule has 1 aromatic rings. The van der Waals surface area contributed by atoms with E-state index in [0.717, 1.165) is 12.8 Å². The van der Waals surface area contributed by atoms with E-state index in [1.807, 2.05) is 0 Å². The van der Waals surface area contributed by atoms with Gasteiger partial charge in [0.05, 0.1) is 0 Å². The molecule has 4 heteroatoms. The molecule has 1 aliphatic rings. The molecule has 0 radical (unpaired) electrons. The van der Waals surface area contributed by atoms with Gasteiger partial charge >= 0.3 is 0 Å². The molecule has 0 heterocycles. The van der Waals surface area contributed by atoms with E-state index in [1.165, 1.54) is 18.2 Å². The van der Waals surface area contributed by atoms with Crippen LogP contribution in [0.4, 0.5) is 4.39 Å². The SMILES string of the molecule is O=C(Cc1cc(F)ccc1Cl)C1(O)CCCC1. The number of Topliss-reactive ketones (excluding diaryl/α,β-unsaturated/α-hetero) is 1. The minimum absolute atomic E-state index is 0.00685. The van der Waals surface area contributed by atoms with Crippen LogP contribution >= 0.6 is 11.6 Å². The third-order valence-corrected chi connectivity index (χ3v) is 3.68. The lowest BCUT2D eigenvalue weighted by Gasteiger charge is -2.20. The van der Waals surface area contributed by atoms with Crippen molar-refractivity contribution in [2.24, 2.45) is 0 Å². The lowest BCUT2D eigenvalue weighted by atomic mass is 9.92. The highest BCUT2D eigenvalue weighted by atomic mass is 35.5. The smallest absolute Gasteiger partial charge is 0.168 e. The van der Waals surface area contributed by atoms with E-state index in [4.69, 9.17) is 11.6 Å². The number of aliphatic hydroxyl groups is 1. The van der Waals surface area contributed by atoms with Crippen molar-refractivity contribution in [3.05, 3.63) is 34.6 Å². The fourth-order valence-corrected chi connectivity index (χ4v) is 2.44. The molecule has 1 saturated carbocycles. The number of hydrogen-bond acceptors (Lipinski definition) is 2. The van der Waals surface area contributed by atoms with Crippen LogP contribution in [0.15, 0.2) is 18.2 Å². The van der Waals surface area contributed by atoms with Crippen LogP contribution in [0.2, 0.25) is 5.02 Å². The number of ketones is 1. The Morgan fingerprint density at radius 3 is 2.71 bits per heavy atom. The number of carbonyl (C=O) groups is 1. The highest BCUT2D eigenvalue weighted by Gasteiger charge is 2.38. The van der Waals surface area contributed by atoms with Crippen molar-refractivity contribution in [1.29, 1.82) is 0 Å². The van der Waals surface area contributed by atoms with Gasteiger partial charge in [-0.25, -0.2) is 4.39 Å². The molecule has 1 fully saturated rings. The fourth-order valence-electron chi connectivity index (χ4n) is 2.26. The maximum Gasteiger partial charge on any atom is 0.168 e. The molecule has 0 bridgehead atoms. The van der Waals surface area contributed by atoms with Crippen molar-refractivity contribution in [2.45, 2.75) is 37.7 Å². The first-order valence-electron chi connectivity index (χ1n) is 5.71. The van der Waals surface area contributed by atoms with Crippen LogP contribution in [0.3, 0.4) is 0 Å². The minimum Gasteiger partial charge on any atom is -0.382 e. The van der Waals surface area contributed by atoms with Gasteiger partial charge < -0.3 is 5.11 Å². The standard InChI is InChI=1S/C13H14ClFO2/c14-11-4-3-10(15)7-9(11)8-12(16)13(17)5-1-2-6-13/h3-4,7,17H,1-2,5-6,8H2. The summed E-state index contributed by atoms with van der Waals surface area (Å²) >= 11 is 5.89. The molecule has 0 atom stereocenters. The van der Waals surface area contributed by atoms with Crippen LogP contribution < -0.4 is 0 Å². The van der Waals surface area contributed by atoms with Crippen molar-refractivity contribution in [3.8, 4) is 0 Å². The molecular formula is C13H14ClFO2. The normalized spacial score (nSPS) is 18.3. The van der Waals surface area contributed by atoms with Gasteiger partial charge in [-0.15, -0.1) is 0 Å². The zero-order valence-electron chi connectivity index (χ0n) is 9.38. The van der Waals surface area contributed by atoms with Gasteiger partial charge in [0.15, 0.2) is 5.78 Å². The molecule has 1 N–H and O–H groups in total. The summed E-state index contributed by atoms with van der Waals surface area (Å²) in [6, 6.07) is 3.93. The monoisotopic (exact) mass is 256 g/mol. The van der Waals surface area contributed by atoms with Crippen LogP contribution in [0.25, 0.3) is 0 Å². The molecule has 1 aromatic carbocycles. The Bertz CT molecular complexity index is 439. The maximum atomic E-state index is 13.0. The Hall–Kier alpha value is -0.930. The second-order valence-corrected chi connectivity index (χ2v) is 4.98. The Balaban J connectivity index is 2.15. The van der Waals surface area contributed by atoms with Gasteiger partial charge in [-0.2, -0.15) is 0 Å². The van der Waals surface area contributed by atoms with E-state index in [2.05, 4.69) is 0 Å². The van der Waals surface area contributed by atoms with Crippen LogP contribution in [0.5, 0.6) is 0 Å². The first-order valence-corrected chi connectivity index (χ1v) is 6.09. The quantitative estimate of drug-likeness (QED) is 0.903. The molecule has 0 spiro atoms. The number of halogens is 2. The minimum atomic E-state index is -1.23. The zero-order valence-corrected chi connectivity index (χ0v) is 10.1. The van der Waals surface area contributed by atoms with Gasteiger partial charge in [-0.05, 0) is 49.4 Å². The van der Waals surface area contributed by atoms with E-state index < -0.39 is 11.4 Å². The molecule has 2 nitrogen and oxygen atoms in total. The highest BCUT2D eigenvalue weighted by Crippen LogP contribution is 2.32. The zero-order chi connectivity index (χ0) is 12.5. The molecular weight excluding hydrogens is 243 g/mol. The Labute approximate surface area is 104 Å². The van der Waals surface area contributed by atoms with Crippen molar-refractivity contribution in [3.63, 3.8) is 0 Å². The molecule has 0 unspecified atom stereocenters. The summed E-state index contributed by atoms with van der Waals surface area (Å²) in [5.74, 6) is -0.682. The summed E-state index contributed by atoms with van der Waals surface area (Å²) in [7, 11) is 0. The first-order chi connectivity index (χ1) is 8.01. The van der Waals surface area contributed by atoms with Crippen LogP contribution in [0.1, 0.15) is 31.2 Å². The number of carbonyl (C=O) groups excluding carboxylic acids is 1. The van der Waals surface area contributed by atoms with Crippen molar-refractivity contribution in [1.82, 2.24) is 0 Å². The molecule has 1 aliphatic carbocycles. The maximum absolute atomic E-state index is 13.0.